The summed E-state index contributed by atoms with van der Waals surface area (Å²) in [5.74, 6) is 1.96. The molecule has 3 rings (SSSR count). The Morgan fingerprint density at radius 2 is 1.85 bits per heavy atom. The predicted octanol–water partition coefficient (Wildman–Crippen LogP) is 3.91. The van der Waals surface area contributed by atoms with Gasteiger partial charge in [0.1, 0.15) is 19.0 Å². The predicted molar refractivity (Wildman–Crippen MR) is 97.3 cm³/mol. The maximum Gasteiger partial charge on any atom is 0.339 e. The number of nitrogens with zero attached hydrogens (tertiary/aromatic N) is 2. The van der Waals surface area contributed by atoms with Crippen molar-refractivity contribution < 1.29 is 18.8 Å². The monoisotopic (exact) mass is 370 g/mol. The van der Waals surface area contributed by atoms with E-state index in [4.69, 9.17) is 14.0 Å². The van der Waals surface area contributed by atoms with Crippen LogP contribution < -0.4 is 4.74 Å². The van der Waals surface area contributed by atoms with E-state index in [-0.39, 0.29) is 12.6 Å². The second kappa shape index (κ2) is 9.05. The molecule has 0 spiro atoms. The molecule has 0 radical (unpaired) electrons. The second-order valence-electron chi connectivity index (χ2n) is 5.32. The van der Waals surface area contributed by atoms with E-state index >= 15 is 0 Å². The van der Waals surface area contributed by atoms with Gasteiger partial charge in [-0.25, -0.2) is 4.79 Å². The summed E-state index contributed by atoms with van der Waals surface area (Å²) >= 11 is 1.45. The zero-order valence-electron chi connectivity index (χ0n) is 14.3. The Morgan fingerprint density at radius 3 is 2.62 bits per heavy atom. The van der Waals surface area contributed by atoms with Gasteiger partial charge in [-0.2, -0.15) is 4.98 Å². The van der Waals surface area contributed by atoms with Crippen molar-refractivity contribution in [2.75, 3.05) is 13.2 Å². The first-order valence-corrected chi connectivity index (χ1v) is 9.07. The summed E-state index contributed by atoms with van der Waals surface area (Å²) in [7, 11) is 0. The van der Waals surface area contributed by atoms with E-state index < -0.39 is 0 Å². The van der Waals surface area contributed by atoms with Gasteiger partial charge in [-0.1, -0.05) is 35.5 Å². The molecule has 0 N–H and O–H groups in total. The van der Waals surface area contributed by atoms with E-state index in [1.165, 1.54) is 11.8 Å². The summed E-state index contributed by atoms with van der Waals surface area (Å²) in [5, 5.41) is 3.76. The Bertz CT molecular complexity index is 852. The first-order chi connectivity index (χ1) is 12.7. The maximum absolute atomic E-state index is 12.3. The number of rotatable bonds is 8. The van der Waals surface area contributed by atoms with Crippen LogP contribution in [0.1, 0.15) is 22.1 Å². The summed E-state index contributed by atoms with van der Waals surface area (Å²) in [6, 6.07) is 16.7. The fourth-order valence-corrected chi connectivity index (χ4v) is 3.07. The molecule has 0 unspecified atom stereocenters. The maximum atomic E-state index is 12.3. The van der Waals surface area contributed by atoms with Crippen molar-refractivity contribution in [3.63, 3.8) is 0 Å². The smallest absolute Gasteiger partial charge is 0.339 e. The number of para-hydroxylation sites is 1. The van der Waals surface area contributed by atoms with Gasteiger partial charge in [-0.3, -0.25) is 0 Å². The Labute approximate surface area is 155 Å². The highest BCUT2D eigenvalue weighted by Crippen LogP contribution is 2.26. The summed E-state index contributed by atoms with van der Waals surface area (Å²) in [6.07, 6.45) is 0. The molecule has 1 heterocycles. The third kappa shape index (κ3) is 5.10. The van der Waals surface area contributed by atoms with Crippen LogP contribution in [-0.4, -0.2) is 29.3 Å². The third-order valence-corrected chi connectivity index (χ3v) is 4.41. The number of aryl methyl sites for hydroxylation is 1. The largest absolute Gasteiger partial charge is 0.490 e. The molecule has 26 heavy (non-hydrogen) atoms. The lowest BCUT2D eigenvalue weighted by Gasteiger charge is -2.09. The van der Waals surface area contributed by atoms with Crippen LogP contribution in [0, 0.1) is 6.92 Å². The van der Waals surface area contributed by atoms with Crippen molar-refractivity contribution in [3.8, 4) is 5.75 Å². The van der Waals surface area contributed by atoms with Gasteiger partial charge in [0, 0.05) is 4.90 Å². The Hall–Kier alpha value is -2.80. The fraction of sp³-hybridized carbons (Fsp3) is 0.211. The van der Waals surface area contributed by atoms with E-state index in [1.807, 2.05) is 42.5 Å². The molecule has 0 fully saturated rings. The Morgan fingerprint density at radius 1 is 1.08 bits per heavy atom. The molecule has 0 aliphatic carbocycles. The average Bonchev–Trinajstić information content (AvgIpc) is 3.10. The quantitative estimate of drug-likeness (QED) is 0.338. The molecule has 0 aliphatic heterocycles. The molecule has 0 saturated carbocycles. The van der Waals surface area contributed by atoms with Crippen LogP contribution in [0.3, 0.4) is 0 Å². The van der Waals surface area contributed by atoms with Crippen LogP contribution in [0.15, 0.2) is 64.0 Å². The molecular formula is C19H18N2O4S. The molecule has 2 aromatic carbocycles. The first-order valence-electron chi connectivity index (χ1n) is 8.08. The van der Waals surface area contributed by atoms with Gasteiger partial charge in [0.15, 0.2) is 5.82 Å². The van der Waals surface area contributed by atoms with Gasteiger partial charge in [0.2, 0.25) is 5.89 Å². The molecule has 0 amide bonds. The zero-order chi connectivity index (χ0) is 18.2. The van der Waals surface area contributed by atoms with Crippen LogP contribution in [-0.2, 0) is 10.5 Å². The minimum Gasteiger partial charge on any atom is -0.490 e. The van der Waals surface area contributed by atoms with E-state index in [0.29, 0.717) is 29.6 Å². The van der Waals surface area contributed by atoms with E-state index in [1.54, 1.807) is 19.1 Å². The summed E-state index contributed by atoms with van der Waals surface area (Å²) < 4.78 is 15.9. The van der Waals surface area contributed by atoms with Crippen molar-refractivity contribution in [1.82, 2.24) is 10.1 Å². The van der Waals surface area contributed by atoms with E-state index in [9.17, 15) is 4.79 Å². The minimum atomic E-state index is -0.383. The second-order valence-corrected chi connectivity index (χ2v) is 6.33. The average molecular weight is 370 g/mol. The van der Waals surface area contributed by atoms with Crippen molar-refractivity contribution >= 4 is 17.7 Å². The minimum absolute atomic E-state index is 0.176. The molecule has 0 atom stereocenters. The molecule has 0 saturated heterocycles. The number of benzene rings is 2. The highest BCUT2D eigenvalue weighted by molar-refractivity contribution is 7.98. The van der Waals surface area contributed by atoms with Crippen LogP contribution in [0.4, 0.5) is 0 Å². The van der Waals surface area contributed by atoms with Crippen molar-refractivity contribution in [2.24, 2.45) is 0 Å². The molecule has 1 aromatic heterocycles. The third-order valence-electron chi connectivity index (χ3n) is 3.36. The standard InChI is InChI=1S/C19H18N2O4S/c1-14-20-18(25-21-14)13-26-17-10-6-5-9-16(17)19(22)24-12-11-23-15-7-3-2-4-8-15/h2-10H,11-13H2,1H3. The zero-order valence-corrected chi connectivity index (χ0v) is 15.1. The number of hydrogen-bond donors (Lipinski definition) is 0. The van der Waals surface area contributed by atoms with Crippen molar-refractivity contribution in [3.05, 3.63) is 71.9 Å². The van der Waals surface area contributed by atoms with Crippen LogP contribution in [0.25, 0.3) is 0 Å². The number of carbonyl (C=O) groups is 1. The van der Waals surface area contributed by atoms with Crippen LogP contribution in [0.2, 0.25) is 0 Å². The number of thioether (sulfide) groups is 1. The lowest BCUT2D eigenvalue weighted by Crippen LogP contribution is -2.13. The van der Waals surface area contributed by atoms with Gasteiger partial charge >= 0.3 is 5.97 Å². The number of aromatic nitrogens is 2. The number of esters is 1. The molecule has 0 bridgehead atoms. The Kier molecular flexibility index (Phi) is 6.27. The summed E-state index contributed by atoms with van der Waals surface area (Å²) in [4.78, 5) is 17.3. The van der Waals surface area contributed by atoms with Gasteiger partial charge in [-0.05, 0) is 31.2 Å². The summed E-state index contributed by atoms with van der Waals surface area (Å²) in [5.41, 5.74) is 0.508. The van der Waals surface area contributed by atoms with Crippen molar-refractivity contribution in [1.29, 1.82) is 0 Å². The number of hydrogen-bond acceptors (Lipinski definition) is 7. The van der Waals surface area contributed by atoms with Crippen molar-refractivity contribution in [2.45, 2.75) is 17.6 Å². The van der Waals surface area contributed by atoms with E-state index in [2.05, 4.69) is 10.1 Å². The number of ether oxygens (including phenoxy) is 2. The highest BCUT2D eigenvalue weighted by atomic mass is 32.2. The van der Waals surface area contributed by atoms with Gasteiger partial charge in [-0.15, -0.1) is 11.8 Å². The van der Waals surface area contributed by atoms with Crippen LogP contribution in [0.5, 0.6) is 5.75 Å². The van der Waals surface area contributed by atoms with Gasteiger partial charge in [0.05, 0.1) is 11.3 Å². The normalized spacial score (nSPS) is 10.5. The van der Waals surface area contributed by atoms with E-state index in [0.717, 1.165) is 10.6 Å². The molecule has 0 aliphatic rings. The molecule has 3 aromatic rings. The lowest BCUT2D eigenvalue weighted by molar-refractivity contribution is 0.0446. The molecule has 7 heteroatoms. The lowest BCUT2D eigenvalue weighted by atomic mass is 10.2. The highest BCUT2D eigenvalue weighted by Gasteiger charge is 2.14. The first kappa shape index (κ1) is 18.0. The van der Waals surface area contributed by atoms with Crippen LogP contribution >= 0.6 is 11.8 Å². The molecule has 6 nitrogen and oxygen atoms in total. The number of carbonyl (C=O) groups excluding carboxylic acids is 1. The van der Waals surface area contributed by atoms with Gasteiger partial charge < -0.3 is 14.0 Å². The summed E-state index contributed by atoms with van der Waals surface area (Å²) in [6.45, 7) is 2.24. The SMILES string of the molecule is Cc1noc(CSc2ccccc2C(=O)OCCOc2ccccc2)n1. The van der Waals surface area contributed by atoms with Gasteiger partial charge in [0.25, 0.3) is 0 Å². The fourth-order valence-electron chi connectivity index (χ4n) is 2.19. The topological polar surface area (TPSA) is 74.5 Å². The Balaban J connectivity index is 1.52. The molecular weight excluding hydrogens is 352 g/mol. The molecule has 134 valence electrons.